The van der Waals surface area contributed by atoms with Crippen LogP contribution in [0.1, 0.15) is 27.6 Å². The molecule has 0 saturated heterocycles. The van der Waals surface area contributed by atoms with Crippen molar-refractivity contribution in [3.63, 3.8) is 0 Å². The van der Waals surface area contributed by atoms with Crippen molar-refractivity contribution in [3.05, 3.63) is 99.6 Å². The second kappa shape index (κ2) is 7.55. The second-order valence-electron chi connectivity index (χ2n) is 6.53. The maximum atomic E-state index is 12.4. The quantitative estimate of drug-likeness (QED) is 0.409. The monoisotopic (exact) mass is 388 g/mol. The molecule has 0 radical (unpaired) electrons. The van der Waals surface area contributed by atoms with Crippen LogP contribution in [0.4, 0.5) is 5.69 Å². The van der Waals surface area contributed by atoms with Gasteiger partial charge in [0.25, 0.3) is 11.6 Å². The average Bonchev–Trinajstić information content (AvgIpc) is 3.06. The Kier molecular flexibility index (Phi) is 4.78. The molecule has 7 nitrogen and oxygen atoms in total. The lowest BCUT2D eigenvalue weighted by Gasteiger charge is -2.15. The topological polar surface area (TPSA) is 98.5 Å². The molecule has 0 fully saturated rings. The van der Waals surface area contributed by atoms with Gasteiger partial charge < -0.3 is 10.1 Å². The molecule has 1 aliphatic rings. The molecule has 4 rings (SSSR count). The summed E-state index contributed by atoms with van der Waals surface area (Å²) in [4.78, 5) is 34.9. The fraction of sp³-hybridized carbons (Fsp3) is 0.0909. The van der Waals surface area contributed by atoms with Gasteiger partial charge in [-0.3, -0.25) is 19.7 Å². The minimum atomic E-state index is -0.597. The predicted octanol–water partition coefficient (Wildman–Crippen LogP) is 3.64. The summed E-state index contributed by atoms with van der Waals surface area (Å²) in [5.41, 5.74) is 3.73. The zero-order valence-corrected chi connectivity index (χ0v) is 15.2. The Morgan fingerprint density at radius 3 is 2.17 bits per heavy atom. The maximum absolute atomic E-state index is 12.4. The number of hydrogen-bond donors (Lipinski definition) is 1. The number of ether oxygens (including phenoxy) is 1. The van der Waals surface area contributed by atoms with Crippen molar-refractivity contribution in [1.29, 1.82) is 0 Å². The minimum absolute atomic E-state index is 0.101. The highest BCUT2D eigenvalue weighted by Gasteiger charge is 2.31. The summed E-state index contributed by atoms with van der Waals surface area (Å²) in [6.45, 7) is -0.345. The van der Waals surface area contributed by atoms with Crippen LogP contribution in [0, 0.1) is 10.1 Å². The third kappa shape index (κ3) is 3.58. The molecule has 3 aromatic carbocycles. The van der Waals surface area contributed by atoms with E-state index < -0.39 is 22.9 Å². The molecule has 0 unspecified atom stereocenters. The number of nitro groups is 1. The van der Waals surface area contributed by atoms with Crippen molar-refractivity contribution in [2.75, 3.05) is 6.54 Å². The molecule has 1 aliphatic carbocycles. The van der Waals surface area contributed by atoms with Crippen LogP contribution in [0.3, 0.4) is 0 Å². The van der Waals surface area contributed by atoms with E-state index >= 15 is 0 Å². The molecular formula is C22H16N2O5. The lowest BCUT2D eigenvalue weighted by atomic mass is 10.1. The van der Waals surface area contributed by atoms with E-state index in [-0.39, 0.29) is 17.8 Å². The lowest BCUT2D eigenvalue weighted by Crippen LogP contribution is -2.31. The van der Waals surface area contributed by atoms with Gasteiger partial charge in [0, 0.05) is 28.8 Å². The molecule has 0 heterocycles. The van der Waals surface area contributed by atoms with Crippen molar-refractivity contribution in [2.45, 2.75) is 6.10 Å². The number of non-ortho nitro benzene ring substituents is 1. The number of amides is 1. The summed E-state index contributed by atoms with van der Waals surface area (Å²) in [5.74, 6) is -1.18. The third-order valence-electron chi connectivity index (χ3n) is 4.74. The van der Waals surface area contributed by atoms with E-state index in [1.54, 1.807) is 0 Å². The summed E-state index contributed by atoms with van der Waals surface area (Å²) in [5, 5.41) is 13.3. The molecule has 0 atom stereocenters. The standard InChI is InChI=1S/C22H16N2O5/c25-20(13-23-22(26)14-6-5-7-15(12-14)24(27)28)29-21-18-10-3-1-8-16(18)17-9-2-4-11-19(17)21/h1-12,21H,13H2,(H,23,26). The Morgan fingerprint density at radius 1 is 0.931 bits per heavy atom. The minimum Gasteiger partial charge on any atom is -0.451 e. The number of benzene rings is 3. The molecule has 0 aliphatic heterocycles. The van der Waals surface area contributed by atoms with Gasteiger partial charge in [0.2, 0.25) is 0 Å². The van der Waals surface area contributed by atoms with E-state index in [2.05, 4.69) is 5.32 Å². The molecule has 1 N–H and O–H groups in total. The molecular weight excluding hydrogens is 372 g/mol. The Hall–Kier alpha value is -4.00. The van der Waals surface area contributed by atoms with Gasteiger partial charge in [-0.1, -0.05) is 54.6 Å². The van der Waals surface area contributed by atoms with Gasteiger partial charge in [-0.2, -0.15) is 0 Å². The van der Waals surface area contributed by atoms with Crippen molar-refractivity contribution in [3.8, 4) is 11.1 Å². The molecule has 29 heavy (non-hydrogen) atoms. The molecule has 0 bridgehead atoms. The lowest BCUT2D eigenvalue weighted by molar-refractivity contribution is -0.384. The number of nitrogens with zero attached hydrogens (tertiary/aromatic N) is 1. The Morgan fingerprint density at radius 2 is 1.55 bits per heavy atom. The van der Waals surface area contributed by atoms with E-state index in [4.69, 9.17) is 4.74 Å². The average molecular weight is 388 g/mol. The predicted molar refractivity (Wildman–Crippen MR) is 105 cm³/mol. The fourth-order valence-corrected chi connectivity index (χ4v) is 3.42. The number of esters is 1. The third-order valence-corrected chi connectivity index (χ3v) is 4.74. The number of carbonyl (C=O) groups excluding carboxylic acids is 2. The normalized spacial score (nSPS) is 12.0. The highest BCUT2D eigenvalue weighted by molar-refractivity contribution is 5.96. The van der Waals surface area contributed by atoms with Crippen molar-refractivity contribution in [2.24, 2.45) is 0 Å². The van der Waals surface area contributed by atoms with Gasteiger partial charge in [-0.25, -0.2) is 0 Å². The first-order chi connectivity index (χ1) is 14.0. The molecule has 144 valence electrons. The first-order valence-corrected chi connectivity index (χ1v) is 8.95. The smallest absolute Gasteiger partial charge is 0.326 e. The summed E-state index contributed by atoms with van der Waals surface area (Å²) >= 11 is 0. The SMILES string of the molecule is O=C(CNC(=O)c1cccc([N+](=O)[O-])c1)OC1c2ccccc2-c2ccccc21. The highest BCUT2D eigenvalue weighted by Crippen LogP contribution is 2.44. The van der Waals surface area contributed by atoms with Crippen LogP contribution in [0.15, 0.2) is 72.8 Å². The second-order valence-corrected chi connectivity index (χ2v) is 6.53. The van der Waals surface area contributed by atoms with Gasteiger partial charge >= 0.3 is 5.97 Å². The van der Waals surface area contributed by atoms with Crippen LogP contribution in [-0.4, -0.2) is 23.3 Å². The van der Waals surface area contributed by atoms with E-state index in [1.165, 1.54) is 18.2 Å². The van der Waals surface area contributed by atoms with Gasteiger partial charge in [-0.15, -0.1) is 0 Å². The molecule has 0 aromatic heterocycles. The van der Waals surface area contributed by atoms with Crippen molar-refractivity contribution < 1.29 is 19.2 Å². The summed E-state index contributed by atoms with van der Waals surface area (Å²) in [7, 11) is 0. The Bertz CT molecular complexity index is 1080. The number of nitro benzene ring substituents is 1. The van der Waals surface area contributed by atoms with Crippen LogP contribution in [0.25, 0.3) is 11.1 Å². The first-order valence-electron chi connectivity index (χ1n) is 8.95. The Labute approximate surface area is 166 Å². The number of hydrogen-bond acceptors (Lipinski definition) is 5. The largest absolute Gasteiger partial charge is 0.451 e. The Balaban J connectivity index is 1.45. The molecule has 7 heteroatoms. The first kappa shape index (κ1) is 18.4. The summed E-state index contributed by atoms with van der Waals surface area (Å²) < 4.78 is 5.65. The number of carbonyl (C=O) groups is 2. The van der Waals surface area contributed by atoms with E-state index in [1.807, 2.05) is 48.5 Å². The van der Waals surface area contributed by atoms with Gasteiger partial charge in [0.15, 0.2) is 6.10 Å². The van der Waals surface area contributed by atoms with Crippen LogP contribution < -0.4 is 5.32 Å². The number of fused-ring (bicyclic) bond motifs is 3. The van der Waals surface area contributed by atoms with Crippen LogP contribution in [0.2, 0.25) is 0 Å². The van der Waals surface area contributed by atoms with Crippen LogP contribution >= 0.6 is 0 Å². The van der Waals surface area contributed by atoms with Crippen molar-refractivity contribution >= 4 is 17.6 Å². The highest BCUT2D eigenvalue weighted by atomic mass is 16.6. The van der Waals surface area contributed by atoms with Crippen LogP contribution in [0.5, 0.6) is 0 Å². The fourth-order valence-electron chi connectivity index (χ4n) is 3.42. The van der Waals surface area contributed by atoms with Gasteiger partial charge in [0.1, 0.15) is 6.54 Å². The van der Waals surface area contributed by atoms with E-state index in [0.29, 0.717) is 0 Å². The van der Waals surface area contributed by atoms with Gasteiger partial charge in [0.05, 0.1) is 4.92 Å². The zero-order chi connectivity index (χ0) is 20.4. The molecule has 1 amide bonds. The molecule has 0 spiro atoms. The number of rotatable bonds is 5. The zero-order valence-electron chi connectivity index (χ0n) is 15.2. The van der Waals surface area contributed by atoms with Crippen LogP contribution in [-0.2, 0) is 9.53 Å². The molecule has 0 saturated carbocycles. The summed E-state index contributed by atoms with van der Waals surface area (Å²) in [6.07, 6.45) is -0.537. The number of nitrogens with one attached hydrogen (secondary N) is 1. The van der Waals surface area contributed by atoms with E-state index in [0.717, 1.165) is 28.3 Å². The summed E-state index contributed by atoms with van der Waals surface area (Å²) in [6, 6.07) is 20.7. The van der Waals surface area contributed by atoms with Crippen molar-refractivity contribution in [1.82, 2.24) is 5.32 Å². The maximum Gasteiger partial charge on any atom is 0.326 e. The molecule has 3 aromatic rings. The van der Waals surface area contributed by atoms with E-state index in [9.17, 15) is 19.7 Å². The van der Waals surface area contributed by atoms with Gasteiger partial charge in [-0.05, 0) is 17.2 Å².